The van der Waals surface area contributed by atoms with Gasteiger partial charge in [-0.15, -0.1) is 0 Å². The summed E-state index contributed by atoms with van der Waals surface area (Å²) in [5.41, 5.74) is -0.0782. The average molecular weight is 368 g/mol. The van der Waals surface area contributed by atoms with Crippen molar-refractivity contribution in [3.8, 4) is 0 Å². The van der Waals surface area contributed by atoms with Crippen LogP contribution in [0.25, 0.3) is 0 Å². The lowest BCUT2D eigenvalue weighted by atomic mass is 9.82. The fraction of sp³-hybridized carbons (Fsp3) is 0.952. The molecular weight excluding hydrogens is 330 g/mol. The Hall–Kier alpha value is -0.650. The molecule has 0 aromatic carbocycles. The van der Waals surface area contributed by atoms with E-state index in [1.807, 2.05) is 13.8 Å². The van der Waals surface area contributed by atoms with Crippen molar-refractivity contribution in [1.29, 1.82) is 0 Å². The predicted molar refractivity (Wildman–Crippen MR) is 101 cm³/mol. The van der Waals surface area contributed by atoms with E-state index in [1.54, 1.807) is 0 Å². The van der Waals surface area contributed by atoms with Gasteiger partial charge in [-0.25, -0.2) is 0 Å². The van der Waals surface area contributed by atoms with Gasteiger partial charge in [-0.3, -0.25) is 4.79 Å². The zero-order chi connectivity index (χ0) is 18.4. The summed E-state index contributed by atoms with van der Waals surface area (Å²) in [6, 6.07) is 0. The van der Waals surface area contributed by atoms with Crippen molar-refractivity contribution in [2.24, 2.45) is 5.92 Å². The van der Waals surface area contributed by atoms with Crippen molar-refractivity contribution in [2.75, 3.05) is 32.9 Å². The summed E-state index contributed by atoms with van der Waals surface area (Å²) in [6.07, 6.45) is 10.3. The molecule has 0 aromatic heterocycles. The molecule has 3 rings (SSSR count). The largest absolute Gasteiger partial charge is 0.376 e. The minimum absolute atomic E-state index is 0.0782. The van der Waals surface area contributed by atoms with E-state index in [-0.39, 0.29) is 23.7 Å². The number of amides is 1. The van der Waals surface area contributed by atoms with Crippen LogP contribution in [-0.4, -0.2) is 61.5 Å². The van der Waals surface area contributed by atoms with Gasteiger partial charge < -0.3 is 19.1 Å². The molecule has 5 heteroatoms. The molecule has 1 atom stereocenters. The monoisotopic (exact) mass is 367 g/mol. The zero-order valence-electron chi connectivity index (χ0n) is 16.7. The van der Waals surface area contributed by atoms with Crippen LogP contribution in [0.15, 0.2) is 0 Å². The van der Waals surface area contributed by atoms with Crippen LogP contribution in [0.3, 0.4) is 0 Å². The van der Waals surface area contributed by atoms with E-state index in [2.05, 4.69) is 4.90 Å². The number of carbonyl (C=O) groups is 1. The Bertz CT molecular complexity index is 439. The molecule has 150 valence electrons. The maximum absolute atomic E-state index is 12.8. The Kier molecular flexibility index (Phi) is 7.35. The molecule has 5 nitrogen and oxygen atoms in total. The topological polar surface area (TPSA) is 48.0 Å². The summed E-state index contributed by atoms with van der Waals surface area (Å²) >= 11 is 0. The van der Waals surface area contributed by atoms with Gasteiger partial charge in [0.2, 0.25) is 5.91 Å². The Morgan fingerprint density at radius 1 is 1.12 bits per heavy atom. The normalized spacial score (nSPS) is 27.2. The summed E-state index contributed by atoms with van der Waals surface area (Å²) < 4.78 is 17.8. The average Bonchev–Trinajstić information content (AvgIpc) is 2.66. The van der Waals surface area contributed by atoms with Gasteiger partial charge >= 0.3 is 0 Å². The maximum Gasteiger partial charge on any atom is 0.225 e. The van der Waals surface area contributed by atoms with Gasteiger partial charge in [-0.1, -0.05) is 19.3 Å². The van der Waals surface area contributed by atoms with Gasteiger partial charge in [0.15, 0.2) is 0 Å². The highest BCUT2D eigenvalue weighted by Crippen LogP contribution is 2.37. The summed E-state index contributed by atoms with van der Waals surface area (Å²) in [5, 5.41) is 0. The number of piperidine rings is 1. The number of hydrogen-bond donors (Lipinski definition) is 0. The predicted octanol–water partition coefficient (Wildman–Crippen LogP) is 3.55. The molecule has 0 N–H and O–H groups in total. The minimum atomic E-state index is -0.0782. The number of rotatable bonds is 6. The van der Waals surface area contributed by atoms with Gasteiger partial charge in [-0.2, -0.15) is 0 Å². The van der Waals surface area contributed by atoms with Crippen LogP contribution in [0.4, 0.5) is 0 Å². The lowest BCUT2D eigenvalue weighted by Crippen LogP contribution is -2.53. The first-order chi connectivity index (χ1) is 12.6. The van der Waals surface area contributed by atoms with E-state index < -0.39 is 0 Å². The molecule has 1 saturated carbocycles. The highest BCUT2D eigenvalue weighted by molar-refractivity contribution is 5.79. The standard InChI is InChI=1S/C21H37NO4/c1-17(2)24-14-15-25-19-8-13-26-21(16-19)9-11-22(12-10-21)20(23)18-6-4-3-5-7-18/h17-19H,3-16H2,1-2H3. The van der Waals surface area contributed by atoms with Gasteiger partial charge in [0.05, 0.1) is 31.0 Å². The van der Waals surface area contributed by atoms with Crippen LogP contribution in [0.5, 0.6) is 0 Å². The van der Waals surface area contributed by atoms with E-state index in [0.29, 0.717) is 19.1 Å². The number of nitrogens with zero attached hydrogens (tertiary/aromatic N) is 1. The molecule has 2 heterocycles. The molecule has 1 spiro atoms. The number of likely N-dealkylation sites (tertiary alicyclic amines) is 1. The Balaban J connectivity index is 1.42. The Labute approximate surface area is 158 Å². The third-order valence-electron chi connectivity index (χ3n) is 6.28. The van der Waals surface area contributed by atoms with Crippen molar-refractivity contribution in [3.63, 3.8) is 0 Å². The van der Waals surface area contributed by atoms with Gasteiger partial charge in [-0.05, 0) is 46.0 Å². The van der Waals surface area contributed by atoms with Gasteiger partial charge in [0.25, 0.3) is 0 Å². The van der Waals surface area contributed by atoms with Crippen molar-refractivity contribution >= 4 is 5.91 Å². The first kappa shape index (κ1) is 20.1. The summed E-state index contributed by atoms with van der Waals surface area (Å²) in [5.74, 6) is 0.677. The van der Waals surface area contributed by atoms with E-state index in [9.17, 15) is 4.79 Å². The zero-order valence-corrected chi connectivity index (χ0v) is 16.7. The molecule has 2 aliphatic heterocycles. The third-order valence-corrected chi connectivity index (χ3v) is 6.28. The molecule has 1 aliphatic carbocycles. The second-order valence-electron chi connectivity index (χ2n) is 8.60. The van der Waals surface area contributed by atoms with Gasteiger partial charge in [0, 0.05) is 32.0 Å². The molecule has 0 radical (unpaired) electrons. The molecule has 2 saturated heterocycles. The molecular formula is C21H37NO4. The highest BCUT2D eigenvalue weighted by atomic mass is 16.5. The number of ether oxygens (including phenoxy) is 3. The number of hydrogen-bond acceptors (Lipinski definition) is 4. The smallest absolute Gasteiger partial charge is 0.225 e. The van der Waals surface area contributed by atoms with Crippen molar-refractivity contribution in [1.82, 2.24) is 4.90 Å². The summed E-state index contributed by atoms with van der Waals surface area (Å²) in [4.78, 5) is 14.9. The maximum atomic E-state index is 12.8. The molecule has 3 aliphatic rings. The van der Waals surface area contributed by atoms with E-state index in [4.69, 9.17) is 14.2 Å². The van der Waals surface area contributed by atoms with Crippen LogP contribution in [0, 0.1) is 5.92 Å². The lowest BCUT2D eigenvalue weighted by Gasteiger charge is -2.46. The first-order valence-electron chi connectivity index (χ1n) is 10.7. The molecule has 0 aromatic rings. The molecule has 3 fully saturated rings. The Morgan fingerprint density at radius 3 is 2.54 bits per heavy atom. The SMILES string of the molecule is CC(C)OCCOC1CCOC2(CCN(C(=O)C3CCCCC3)CC2)C1. The van der Waals surface area contributed by atoms with Crippen molar-refractivity contribution < 1.29 is 19.0 Å². The van der Waals surface area contributed by atoms with Crippen LogP contribution in [0.2, 0.25) is 0 Å². The number of carbonyl (C=O) groups excluding carboxylic acids is 1. The van der Waals surface area contributed by atoms with Crippen LogP contribution >= 0.6 is 0 Å². The van der Waals surface area contributed by atoms with Crippen molar-refractivity contribution in [3.05, 3.63) is 0 Å². The second kappa shape index (κ2) is 9.52. The molecule has 1 unspecified atom stereocenters. The summed E-state index contributed by atoms with van der Waals surface area (Å²) in [6.45, 7) is 7.87. The van der Waals surface area contributed by atoms with Crippen LogP contribution < -0.4 is 0 Å². The van der Waals surface area contributed by atoms with Crippen LogP contribution in [0.1, 0.15) is 71.6 Å². The van der Waals surface area contributed by atoms with Crippen LogP contribution in [-0.2, 0) is 19.0 Å². The van der Waals surface area contributed by atoms with E-state index in [0.717, 1.165) is 58.2 Å². The fourth-order valence-electron chi connectivity index (χ4n) is 4.71. The van der Waals surface area contributed by atoms with E-state index >= 15 is 0 Å². The van der Waals surface area contributed by atoms with Gasteiger partial charge in [0.1, 0.15) is 0 Å². The molecule has 1 amide bonds. The lowest BCUT2D eigenvalue weighted by molar-refractivity contribution is -0.165. The summed E-state index contributed by atoms with van der Waals surface area (Å²) in [7, 11) is 0. The fourth-order valence-corrected chi connectivity index (χ4v) is 4.71. The van der Waals surface area contributed by atoms with E-state index in [1.165, 1.54) is 19.3 Å². The third kappa shape index (κ3) is 5.43. The minimum Gasteiger partial charge on any atom is -0.376 e. The second-order valence-corrected chi connectivity index (χ2v) is 8.60. The Morgan fingerprint density at radius 2 is 1.85 bits per heavy atom. The molecule has 0 bridgehead atoms. The first-order valence-corrected chi connectivity index (χ1v) is 10.7. The quantitative estimate of drug-likeness (QED) is 0.674. The molecule has 26 heavy (non-hydrogen) atoms. The van der Waals surface area contributed by atoms with Crippen molar-refractivity contribution in [2.45, 2.75) is 89.4 Å². The highest BCUT2D eigenvalue weighted by Gasteiger charge is 2.42.